The van der Waals surface area contributed by atoms with Crippen LogP contribution in [0.15, 0.2) is 16.3 Å². The molecule has 0 spiro atoms. The first-order valence-electron chi connectivity index (χ1n) is 7.87. The molecule has 2 saturated heterocycles. The first-order chi connectivity index (χ1) is 10.5. The fourth-order valence-electron chi connectivity index (χ4n) is 3.24. The molecule has 0 N–H and O–H groups in total. The molecule has 2 aliphatic heterocycles. The molecule has 0 bridgehead atoms. The Morgan fingerprint density at radius 1 is 1.23 bits per heavy atom. The number of sulfonamides is 1. The summed E-state index contributed by atoms with van der Waals surface area (Å²) in [5.41, 5.74) is 0. The normalized spacial score (nSPS) is 23.9. The highest BCUT2D eigenvalue weighted by Gasteiger charge is 2.33. The molecular formula is C15H22N2O3S2. The van der Waals surface area contributed by atoms with E-state index >= 15 is 0 Å². The van der Waals surface area contributed by atoms with Crippen molar-refractivity contribution in [2.75, 3.05) is 26.2 Å². The fourth-order valence-corrected chi connectivity index (χ4v) is 6.12. The second-order valence-corrected chi connectivity index (χ2v) is 9.05. The van der Waals surface area contributed by atoms with Crippen molar-refractivity contribution in [1.82, 2.24) is 9.21 Å². The molecule has 3 heterocycles. The molecular weight excluding hydrogens is 320 g/mol. The zero-order chi connectivity index (χ0) is 15.7. The van der Waals surface area contributed by atoms with Crippen LogP contribution in [0, 0.1) is 5.92 Å². The van der Waals surface area contributed by atoms with E-state index in [1.807, 2.05) is 4.90 Å². The van der Waals surface area contributed by atoms with Gasteiger partial charge in [0.25, 0.3) is 5.91 Å². The minimum absolute atomic E-state index is 0.126. The monoisotopic (exact) mass is 342 g/mol. The molecule has 1 unspecified atom stereocenters. The minimum atomic E-state index is -3.53. The maximum Gasteiger partial charge on any atom is 0.265 e. The molecule has 1 aromatic rings. The van der Waals surface area contributed by atoms with E-state index in [0.717, 1.165) is 38.8 Å². The van der Waals surface area contributed by atoms with Gasteiger partial charge < -0.3 is 4.90 Å². The lowest BCUT2D eigenvalue weighted by molar-refractivity contribution is 0.0684. The summed E-state index contributed by atoms with van der Waals surface area (Å²) in [5, 5.41) is 1.71. The maximum absolute atomic E-state index is 12.7. The summed E-state index contributed by atoms with van der Waals surface area (Å²) in [6.45, 7) is 4.71. The molecule has 2 fully saturated rings. The molecule has 2 aliphatic rings. The summed E-state index contributed by atoms with van der Waals surface area (Å²) in [4.78, 5) is 15.1. The van der Waals surface area contributed by atoms with Crippen LogP contribution < -0.4 is 0 Å². The Balaban J connectivity index is 1.87. The third-order valence-electron chi connectivity index (χ3n) is 4.45. The van der Waals surface area contributed by atoms with Gasteiger partial charge in [-0.1, -0.05) is 6.92 Å². The Morgan fingerprint density at radius 2 is 1.95 bits per heavy atom. The van der Waals surface area contributed by atoms with E-state index in [0.29, 0.717) is 23.9 Å². The van der Waals surface area contributed by atoms with E-state index in [1.165, 1.54) is 15.6 Å². The second-order valence-electron chi connectivity index (χ2n) is 6.22. The fraction of sp³-hybridized carbons (Fsp3) is 0.667. The highest BCUT2D eigenvalue weighted by Crippen LogP contribution is 2.29. The van der Waals surface area contributed by atoms with Crippen LogP contribution in [0.4, 0.5) is 0 Å². The van der Waals surface area contributed by atoms with Crippen LogP contribution in [0.3, 0.4) is 0 Å². The summed E-state index contributed by atoms with van der Waals surface area (Å²) in [5.74, 6) is 0.357. The van der Waals surface area contributed by atoms with Gasteiger partial charge >= 0.3 is 0 Å². The molecule has 0 aromatic carbocycles. The second kappa shape index (κ2) is 6.29. The van der Waals surface area contributed by atoms with Crippen molar-refractivity contribution >= 4 is 27.3 Å². The average Bonchev–Trinajstić information content (AvgIpc) is 3.18. The predicted octanol–water partition coefficient (Wildman–Crippen LogP) is 2.40. The Kier molecular flexibility index (Phi) is 4.56. The summed E-state index contributed by atoms with van der Waals surface area (Å²) < 4.78 is 27.0. The number of rotatable bonds is 3. The van der Waals surface area contributed by atoms with Crippen LogP contribution in [-0.2, 0) is 10.0 Å². The molecule has 1 atom stereocenters. The Morgan fingerprint density at radius 3 is 2.64 bits per heavy atom. The summed E-state index contributed by atoms with van der Waals surface area (Å²) in [6, 6.07) is 1.58. The van der Waals surface area contributed by atoms with Crippen molar-refractivity contribution in [3.05, 3.63) is 16.3 Å². The van der Waals surface area contributed by atoms with Crippen LogP contribution in [-0.4, -0.2) is 49.7 Å². The number of likely N-dealkylation sites (tertiary alicyclic amines) is 1. The van der Waals surface area contributed by atoms with Crippen molar-refractivity contribution in [3.63, 3.8) is 0 Å². The standard InChI is InChI=1S/C15H22N2O3S2/c1-12-5-4-7-16(11-12)15(18)14-13(6-10-21-14)22(19,20)17-8-2-3-9-17/h6,10,12H,2-5,7-9,11H2,1H3. The van der Waals surface area contributed by atoms with E-state index in [1.54, 1.807) is 11.4 Å². The van der Waals surface area contributed by atoms with E-state index in [9.17, 15) is 13.2 Å². The van der Waals surface area contributed by atoms with Gasteiger partial charge in [0.2, 0.25) is 10.0 Å². The van der Waals surface area contributed by atoms with Crippen LogP contribution in [0.2, 0.25) is 0 Å². The molecule has 0 radical (unpaired) electrons. The minimum Gasteiger partial charge on any atom is -0.338 e. The number of thiophene rings is 1. The van der Waals surface area contributed by atoms with Crippen LogP contribution in [0.1, 0.15) is 42.3 Å². The first-order valence-corrected chi connectivity index (χ1v) is 10.2. The van der Waals surface area contributed by atoms with Gasteiger partial charge in [0.1, 0.15) is 9.77 Å². The van der Waals surface area contributed by atoms with Crippen molar-refractivity contribution in [1.29, 1.82) is 0 Å². The number of carbonyl (C=O) groups excluding carboxylic acids is 1. The van der Waals surface area contributed by atoms with Crippen LogP contribution in [0.25, 0.3) is 0 Å². The van der Waals surface area contributed by atoms with Gasteiger partial charge in [-0.25, -0.2) is 8.42 Å². The number of hydrogen-bond donors (Lipinski definition) is 0. The smallest absolute Gasteiger partial charge is 0.265 e. The van der Waals surface area contributed by atoms with Crippen molar-refractivity contribution < 1.29 is 13.2 Å². The first kappa shape index (κ1) is 16.0. The largest absolute Gasteiger partial charge is 0.338 e. The van der Waals surface area contributed by atoms with E-state index < -0.39 is 10.0 Å². The third kappa shape index (κ3) is 2.94. The van der Waals surface area contributed by atoms with Gasteiger partial charge in [-0.2, -0.15) is 4.31 Å². The van der Waals surface area contributed by atoms with E-state index in [4.69, 9.17) is 0 Å². The lowest BCUT2D eigenvalue weighted by Gasteiger charge is -2.31. The molecule has 3 rings (SSSR count). The van der Waals surface area contributed by atoms with Gasteiger partial charge in [0.15, 0.2) is 0 Å². The molecule has 0 aliphatic carbocycles. The van der Waals surface area contributed by atoms with Gasteiger partial charge in [-0.15, -0.1) is 11.3 Å². The van der Waals surface area contributed by atoms with Gasteiger partial charge in [0.05, 0.1) is 0 Å². The number of carbonyl (C=O) groups is 1. The van der Waals surface area contributed by atoms with Crippen molar-refractivity contribution in [3.8, 4) is 0 Å². The average molecular weight is 342 g/mol. The van der Waals surface area contributed by atoms with Crippen molar-refractivity contribution in [2.45, 2.75) is 37.5 Å². The van der Waals surface area contributed by atoms with Gasteiger partial charge in [0, 0.05) is 26.2 Å². The SMILES string of the molecule is CC1CCCN(C(=O)c2sccc2S(=O)(=O)N2CCCC2)C1. The van der Waals surface area contributed by atoms with Gasteiger partial charge in [-0.05, 0) is 43.0 Å². The number of amides is 1. The van der Waals surface area contributed by atoms with Crippen LogP contribution >= 0.6 is 11.3 Å². The number of hydrogen-bond acceptors (Lipinski definition) is 4. The maximum atomic E-state index is 12.7. The van der Waals surface area contributed by atoms with Gasteiger partial charge in [-0.3, -0.25) is 4.79 Å². The lowest BCUT2D eigenvalue weighted by Crippen LogP contribution is -2.39. The quantitative estimate of drug-likeness (QED) is 0.847. The summed E-state index contributed by atoms with van der Waals surface area (Å²) in [7, 11) is -3.53. The topological polar surface area (TPSA) is 57.7 Å². The Labute approximate surface area is 136 Å². The molecule has 1 amide bonds. The molecule has 22 heavy (non-hydrogen) atoms. The molecule has 5 nitrogen and oxygen atoms in total. The predicted molar refractivity (Wildman–Crippen MR) is 86.6 cm³/mol. The summed E-state index contributed by atoms with van der Waals surface area (Å²) >= 11 is 1.24. The molecule has 122 valence electrons. The number of nitrogens with zero attached hydrogens (tertiary/aromatic N) is 2. The molecule has 0 saturated carbocycles. The highest BCUT2D eigenvalue weighted by molar-refractivity contribution is 7.89. The zero-order valence-corrected chi connectivity index (χ0v) is 14.5. The van der Waals surface area contributed by atoms with Crippen molar-refractivity contribution in [2.24, 2.45) is 5.92 Å². The van der Waals surface area contributed by atoms with E-state index in [2.05, 4.69) is 6.92 Å². The molecule has 1 aromatic heterocycles. The Hall–Kier alpha value is -0.920. The molecule has 7 heteroatoms. The third-order valence-corrected chi connectivity index (χ3v) is 7.42. The van der Waals surface area contributed by atoms with E-state index in [-0.39, 0.29) is 10.8 Å². The number of piperidine rings is 1. The highest BCUT2D eigenvalue weighted by atomic mass is 32.2. The summed E-state index contributed by atoms with van der Waals surface area (Å²) in [6.07, 6.45) is 3.92. The lowest BCUT2D eigenvalue weighted by atomic mass is 10.0. The van der Waals surface area contributed by atoms with Crippen LogP contribution in [0.5, 0.6) is 0 Å². The zero-order valence-electron chi connectivity index (χ0n) is 12.8. The Bertz CT molecular complexity index is 647.